The van der Waals surface area contributed by atoms with Gasteiger partial charge in [-0.3, -0.25) is 4.79 Å². The smallest absolute Gasteiger partial charge is 0.265 e. The predicted molar refractivity (Wildman–Crippen MR) is 76.7 cm³/mol. The molecule has 0 radical (unpaired) electrons. The van der Waals surface area contributed by atoms with Crippen molar-refractivity contribution in [1.82, 2.24) is 9.97 Å². The second kappa shape index (κ2) is 5.65. The van der Waals surface area contributed by atoms with Crippen LogP contribution in [0.15, 0.2) is 27.5 Å². The molecule has 0 aliphatic rings. The maximum atomic E-state index is 13.3. The van der Waals surface area contributed by atoms with Crippen LogP contribution in [0.25, 0.3) is 11.4 Å². The van der Waals surface area contributed by atoms with Crippen LogP contribution in [0.2, 0.25) is 0 Å². The van der Waals surface area contributed by atoms with Crippen LogP contribution < -0.4 is 5.56 Å². The van der Waals surface area contributed by atoms with Gasteiger partial charge in [-0.2, -0.15) is 0 Å². The van der Waals surface area contributed by atoms with Gasteiger partial charge in [-0.25, -0.2) is 9.37 Å². The third-order valence-corrected chi connectivity index (χ3v) is 3.69. The average molecular weight is 325 g/mol. The Morgan fingerprint density at radius 3 is 2.84 bits per heavy atom. The van der Waals surface area contributed by atoms with E-state index in [1.54, 1.807) is 6.07 Å². The van der Waals surface area contributed by atoms with Gasteiger partial charge in [0.05, 0.1) is 5.69 Å². The second-order valence-corrected chi connectivity index (χ2v) is 5.18. The normalized spacial score (nSPS) is 10.7. The summed E-state index contributed by atoms with van der Waals surface area (Å²) in [5.74, 6) is 0.0665. The summed E-state index contributed by atoms with van der Waals surface area (Å²) in [6.45, 7) is 3.87. The lowest BCUT2D eigenvalue weighted by Gasteiger charge is -2.08. The molecule has 3 nitrogen and oxygen atoms in total. The minimum Gasteiger partial charge on any atom is -0.306 e. The number of halogens is 2. The van der Waals surface area contributed by atoms with E-state index in [0.717, 1.165) is 12.0 Å². The zero-order valence-corrected chi connectivity index (χ0v) is 12.3. The molecule has 1 heterocycles. The minimum atomic E-state index is -0.344. The Kier molecular flexibility index (Phi) is 4.14. The van der Waals surface area contributed by atoms with Crippen molar-refractivity contribution in [2.75, 3.05) is 0 Å². The van der Waals surface area contributed by atoms with Gasteiger partial charge in [0, 0.05) is 5.56 Å². The summed E-state index contributed by atoms with van der Waals surface area (Å²) in [6.07, 6.45) is 1.59. The Bertz CT molecular complexity index is 667. The van der Waals surface area contributed by atoms with E-state index in [2.05, 4.69) is 25.9 Å². The van der Waals surface area contributed by atoms with Crippen LogP contribution in [0.3, 0.4) is 0 Å². The fourth-order valence-electron chi connectivity index (χ4n) is 1.88. The van der Waals surface area contributed by atoms with E-state index in [9.17, 15) is 9.18 Å². The summed E-state index contributed by atoms with van der Waals surface area (Å²) in [5, 5.41) is 0. The van der Waals surface area contributed by atoms with Gasteiger partial charge < -0.3 is 4.98 Å². The maximum Gasteiger partial charge on any atom is 0.265 e. The molecular weight excluding hydrogens is 311 g/mol. The first-order valence-electron chi connectivity index (χ1n) is 6.08. The van der Waals surface area contributed by atoms with Crippen molar-refractivity contribution < 1.29 is 4.39 Å². The fourth-order valence-corrected chi connectivity index (χ4v) is 2.27. The Balaban J connectivity index is 2.62. The molecule has 2 rings (SSSR count). The predicted octanol–water partition coefficient (Wildman–Crippen LogP) is 3.60. The Labute approximate surface area is 119 Å². The molecule has 5 heteroatoms. The van der Waals surface area contributed by atoms with Crippen molar-refractivity contribution in [3.63, 3.8) is 0 Å². The number of benzene rings is 1. The van der Waals surface area contributed by atoms with Crippen molar-refractivity contribution in [3.05, 3.63) is 50.1 Å². The number of aromatic nitrogens is 2. The highest BCUT2D eigenvalue weighted by molar-refractivity contribution is 9.10. The van der Waals surface area contributed by atoms with Crippen LogP contribution in [0.5, 0.6) is 0 Å². The van der Waals surface area contributed by atoms with E-state index in [0.29, 0.717) is 28.0 Å². The van der Waals surface area contributed by atoms with Gasteiger partial charge in [0.2, 0.25) is 0 Å². The highest BCUT2D eigenvalue weighted by Gasteiger charge is 2.11. The number of nitrogens with one attached hydrogen (secondary N) is 1. The quantitative estimate of drug-likeness (QED) is 0.937. The van der Waals surface area contributed by atoms with Crippen molar-refractivity contribution in [3.8, 4) is 11.4 Å². The SMILES string of the molecule is CCCc1nc(-c2cc(F)ccc2C)[nH]c(=O)c1Br. The largest absolute Gasteiger partial charge is 0.306 e. The molecule has 0 spiro atoms. The zero-order chi connectivity index (χ0) is 14.0. The van der Waals surface area contributed by atoms with Crippen molar-refractivity contribution in [1.29, 1.82) is 0 Å². The molecule has 0 aliphatic carbocycles. The first-order valence-corrected chi connectivity index (χ1v) is 6.87. The Morgan fingerprint density at radius 2 is 2.16 bits per heavy atom. The zero-order valence-electron chi connectivity index (χ0n) is 10.8. The number of hydrogen-bond donors (Lipinski definition) is 1. The molecule has 1 aromatic carbocycles. The van der Waals surface area contributed by atoms with E-state index in [4.69, 9.17) is 0 Å². The number of rotatable bonds is 3. The molecule has 0 unspecified atom stereocenters. The van der Waals surface area contributed by atoms with Crippen LogP contribution in [0.4, 0.5) is 4.39 Å². The number of nitrogens with zero attached hydrogens (tertiary/aromatic N) is 1. The topological polar surface area (TPSA) is 45.8 Å². The van der Waals surface area contributed by atoms with Gasteiger partial charge in [-0.1, -0.05) is 19.4 Å². The molecule has 0 aliphatic heterocycles. The summed E-state index contributed by atoms with van der Waals surface area (Å²) in [4.78, 5) is 19.0. The lowest BCUT2D eigenvalue weighted by molar-refractivity contribution is 0.627. The molecule has 100 valence electrons. The lowest BCUT2D eigenvalue weighted by Crippen LogP contribution is -2.14. The average Bonchev–Trinajstić information content (AvgIpc) is 2.38. The Hall–Kier alpha value is -1.49. The molecule has 1 N–H and O–H groups in total. The summed E-state index contributed by atoms with van der Waals surface area (Å²) < 4.78 is 13.8. The van der Waals surface area contributed by atoms with Crippen molar-refractivity contribution in [2.45, 2.75) is 26.7 Å². The van der Waals surface area contributed by atoms with Gasteiger partial charge >= 0.3 is 0 Å². The van der Waals surface area contributed by atoms with E-state index >= 15 is 0 Å². The third-order valence-electron chi connectivity index (χ3n) is 2.87. The van der Waals surface area contributed by atoms with Crippen LogP contribution in [0.1, 0.15) is 24.6 Å². The van der Waals surface area contributed by atoms with Gasteiger partial charge in [0.1, 0.15) is 16.1 Å². The lowest BCUT2D eigenvalue weighted by atomic mass is 10.1. The van der Waals surface area contributed by atoms with Crippen LogP contribution in [-0.2, 0) is 6.42 Å². The van der Waals surface area contributed by atoms with E-state index < -0.39 is 0 Å². The maximum absolute atomic E-state index is 13.3. The van der Waals surface area contributed by atoms with Gasteiger partial charge in [0.15, 0.2) is 0 Å². The van der Waals surface area contributed by atoms with Gasteiger partial charge in [-0.05, 0) is 47.0 Å². The van der Waals surface area contributed by atoms with Crippen LogP contribution in [0, 0.1) is 12.7 Å². The second-order valence-electron chi connectivity index (χ2n) is 4.38. The molecule has 1 aromatic heterocycles. The summed E-state index contributed by atoms with van der Waals surface area (Å²) in [5.41, 5.74) is 1.94. The van der Waals surface area contributed by atoms with Crippen molar-refractivity contribution >= 4 is 15.9 Å². The van der Waals surface area contributed by atoms with E-state index in [-0.39, 0.29) is 11.4 Å². The molecule has 2 aromatic rings. The molecule has 0 saturated carbocycles. The van der Waals surface area contributed by atoms with E-state index in [1.165, 1.54) is 12.1 Å². The van der Waals surface area contributed by atoms with Gasteiger partial charge in [0.25, 0.3) is 5.56 Å². The first-order chi connectivity index (χ1) is 9.02. The molecule has 0 amide bonds. The third kappa shape index (κ3) is 2.92. The number of aromatic amines is 1. The van der Waals surface area contributed by atoms with Crippen LogP contribution in [-0.4, -0.2) is 9.97 Å². The summed E-state index contributed by atoms with van der Waals surface area (Å²) >= 11 is 3.24. The molecule has 0 fully saturated rings. The molecule has 0 bridgehead atoms. The number of H-pyrrole nitrogens is 1. The fraction of sp³-hybridized carbons (Fsp3) is 0.286. The van der Waals surface area contributed by atoms with Gasteiger partial charge in [-0.15, -0.1) is 0 Å². The standard InChI is InChI=1S/C14H14BrFN2O/c1-3-4-11-12(15)14(19)18-13(17-11)10-7-9(16)6-5-8(10)2/h5-7H,3-4H2,1-2H3,(H,17,18,19). The molecular formula is C14H14BrFN2O. The summed E-state index contributed by atoms with van der Waals surface area (Å²) in [7, 11) is 0. The van der Waals surface area contributed by atoms with E-state index in [1.807, 2.05) is 13.8 Å². The molecule has 0 saturated heterocycles. The first kappa shape index (κ1) is 13.9. The van der Waals surface area contributed by atoms with Crippen LogP contribution >= 0.6 is 15.9 Å². The highest BCUT2D eigenvalue weighted by Crippen LogP contribution is 2.22. The molecule has 19 heavy (non-hydrogen) atoms. The number of hydrogen-bond acceptors (Lipinski definition) is 2. The highest BCUT2D eigenvalue weighted by atomic mass is 79.9. The monoisotopic (exact) mass is 324 g/mol. The van der Waals surface area contributed by atoms with Crippen molar-refractivity contribution in [2.24, 2.45) is 0 Å². The molecule has 0 atom stereocenters. The number of aryl methyl sites for hydroxylation is 2. The summed E-state index contributed by atoms with van der Waals surface area (Å²) in [6, 6.07) is 4.45. The minimum absolute atomic E-state index is 0.239. The Morgan fingerprint density at radius 1 is 1.42 bits per heavy atom.